The first-order valence-corrected chi connectivity index (χ1v) is 11.1. The van der Waals surface area contributed by atoms with Crippen LogP contribution in [0, 0.1) is 6.92 Å². The quantitative estimate of drug-likeness (QED) is 0.656. The van der Waals surface area contributed by atoms with Crippen molar-refractivity contribution in [2.24, 2.45) is 0 Å². The van der Waals surface area contributed by atoms with E-state index < -0.39 is 28.3 Å². The third-order valence-electron chi connectivity index (χ3n) is 4.86. The lowest BCUT2D eigenvalue weighted by Crippen LogP contribution is -2.45. The minimum absolute atomic E-state index is 0.0320. The van der Waals surface area contributed by atoms with E-state index in [0.29, 0.717) is 12.0 Å². The van der Waals surface area contributed by atoms with Crippen molar-refractivity contribution in [2.45, 2.75) is 38.3 Å². The molecule has 1 aromatic carbocycles. The number of ether oxygens (including phenoxy) is 1. The number of carbonyl (C=O) groups excluding carboxylic acids is 3. The number of nitrogens with zero attached hydrogens (tertiary/aromatic N) is 1. The third-order valence-corrected chi connectivity index (χ3v) is 6.61. The van der Waals surface area contributed by atoms with Crippen molar-refractivity contribution in [2.75, 3.05) is 24.7 Å². The molecule has 0 radical (unpaired) electrons. The monoisotopic (exact) mass is 408 g/mol. The molecule has 8 nitrogen and oxygen atoms in total. The highest BCUT2D eigenvalue weighted by atomic mass is 32.2. The Bertz CT molecular complexity index is 878. The second-order valence-electron chi connectivity index (χ2n) is 7.30. The number of esters is 1. The minimum Gasteiger partial charge on any atom is -0.454 e. The molecule has 1 aromatic rings. The van der Waals surface area contributed by atoms with Crippen molar-refractivity contribution in [3.63, 3.8) is 0 Å². The Morgan fingerprint density at radius 1 is 1.18 bits per heavy atom. The van der Waals surface area contributed by atoms with Gasteiger partial charge >= 0.3 is 5.97 Å². The fourth-order valence-corrected chi connectivity index (χ4v) is 5.07. The molecule has 0 aromatic heterocycles. The van der Waals surface area contributed by atoms with Crippen molar-refractivity contribution in [3.05, 3.63) is 35.4 Å². The van der Waals surface area contributed by atoms with Gasteiger partial charge in [-0.05, 0) is 38.3 Å². The predicted molar refractivity (Wildman–Crippen MR) is 101 cm³/mol. The molecule has 1 saturated carbocycles. The zero-order chi connectivity index (χ0) is 20.3. The fraction of sp³-hybridized carbons (Fsp3) is 0.526. The Kier molecular flexibility index (Phi) is 6.02. The molecule has 28 heavy (non-hydrogen) atoms. The van der Waals surface area contributed by atoms with Crippen molar-refractivity contribution >= 4 is 27.6 Å². The van der Waals surface area contributed by atoms with E-state index >= 15 is 0 Å². The second kappa shape index (κ2) is 8.30. The van der Waals surface area contributed by atoms with Gasteiger partial charge in [-0.1, -0.05) is 17.7 Å². The van der Waals surface area contributed by atoms with Gasteiger partial charge in [0.25, 0.3) is 11.8 Å². The first-order valence-electron chi connectivity index (χ1n) is 9.27. The Balaban J connectivity index is 1.47. The molecule has 2 fully saturated rings. The van der Waals surface area contributed by atoms with Crippen LogP contribution in [0.15, 0.2) is 24.3 Å². The number of benzene rings is 1. The lowest BCUT2D eigenvalue weighted by molar-refractivity contribution is -0.152. The van der Waals surface area contributed by atoms with Gasteiger partial charge in [0.1, 0.15) is 6.54 Å². The van der Waals surface area contributed by atoms with Crippen molar-refractivity contribution < 1.29 is 27.5 Å². The van der Waals surface area contributed by atoms with Crippen LogP contribution >= 0.6 is 0 Å². The maximum Gasteiger partial charge on any atom is 0.325 e. The number of amides is 2. The number of aryl methyl sites for hydroxylation is 1. The maximum atomic E-state index is 12.5. The average molecular weight is 408 g/mol. The van der Waals surface area contributed by atoms with Crippen LogP contribution in [-0.4, -0.2) is 67.8 Å². The molecule has 2 aliphatic rings. The Morgan fingerprint density at radius 3 is 2.54 bits per heavy atom. The number of hydrogen-bond donors (Lipinski definition) is 1. The van der Waals surface area contributed by atoms with Crippen molar-refractivity contribution in [1.29, 1.82) is 0 Å². The van der Waals surface area contributed by atoms with E-state index in [1.54, 1.807) is 23.1 Å². The zero-order valence-electron chi connectivity index (χ0n) is 15.7. The van der Waals surface area contributed by atoms with E-state index in [1.165, 1.54) is 0 Å². The molecular formula is C19H24N2O6S. The molecule has 9 heteroatoms. The highest BCUT2D eigenvalue weighted by Gasteiger charge is 2.42. The van der Waals surface area contributed by atoms with Gasteiger partial charge < -0.3 is 15.0 Å². The van der Waals surface area contributed by atoms with E-state index in [4.69, 9.17) is 4.74 Å². The first kappa shape index (κ1) is 20.3. The summed E-state index contributed by atoms with van der Waals surface area (Å²) in [5.41, 5.74) is 1.36. The summed E-state index contributed by atoms with van der Waals surface area (Å²) in [5, 5.41) is 2.46. The van der Waals surface area contributed by atoms with Crippen LogP contribution < -0.4 is 5.32 Å². The normalized spacial score (nSPS) is 20.4. The molecule has 1 saturated heterocycles. The molecule has 1 aliphatic heterocycles. The molecule has 2 amide bonds. The lowest BCUT2D eigenvalue weighted by Gasteiger charge is -2.28. The summed E-state index contributed by atoms with van der Waals surface area (Å²) >= 11 is 0. The highest BCUT2D eigenvalue weighted by molar-refractivity contribution is 7.91. The molecule has 1 aliphatic carbocycles. The standard InChI is InChI=1S/C19H24N2O6S/c1-13-3-2-4-14(9-13)19(24)20-10-18(23)27-11-17(22)21(15-5-6-15)16-7-8-28(25,26)12-16/h2-4,9,15-16H,5-8,10-12H2,1H3,(H,20,24)/t16-/m0/s1. The van der Waals surface area contributed by atoms with Gasteiger partial charge in [-0.25, -0.2) is 8.42 Å². The fourth-order valence-electron chi connectivity index (χ4n) is 3.36. The lowest BCUT2D eigenvalue weighted by atomic mass is 10.1. The summed E-state index contributed by atoms with van der Waals surface area (Å²) in [6, 6.07) is 6.64. The molecule has 0 spiro atoms. The highest BCUT2D eigenvalue weighted by Crippen LogP contribution is 2.32. The van der Waals surface area contributed by atoms with Gasteiger partial charge in [-0.2, -0.15) is 0 Å². The van der Waals surface area contributed by atoms with Crippen LogP contribution in [0.4, 0.5) is 0 Å². The number of carbonyl (C=O) groups is 3. The van der Waals surface area contributed by atoms with E-state index in [1.807, 2.05) is 13.0 Å². The van der Waals surface area contributed by atoms with Gasteiger partial charge in [-0.3, -0.25) is 14.4 Å². The molecule has 1 heterocycles. The van der Waals surface area contributed by atoms with Crippen LogP contribution in [0.3, 0.4) is 0 Å². The Labute approximate surface area is 164 Å². The Hall–Kier alpha value is -2.42. The van der Waals surface area contributed by atoms with Crippen LogP contribution in [0.5, 0.6) is 0 Å². The molecule has 0 unspecified atom stereocenters. The predicted octanol–water partition coefficient (Wildman–Crippen LogP) is 0.446. The second-order valence-corrected chi connectivity index (χ2v) is 9.53. The summed E-state index contributed by atoms with van der Waals surface area (Å²) in [6.45, 7) is 1.06. The zero-order valence-corrected chi connectivity index (χ0v) is 16.5. The summed E-state index contributed by atoms with van der Waals surface area (Å²) in [5.74, 6) is -1.45. The summed E-state index contributed by atoms with van der Waals surface area (Å²) < 4.78 is 28.4. The van der Waals surface area contributed by atoms with Crippen LogP contribution in [0.25, 0.3) is 0 Å². The minimum atomic E-state index is -3.11. The molecular weight excluding hydrogens is 384 g/mol. The number of hydrogen-bond acceptors (Lipinski definition) is 6. The summed E-state index contributed by atoms with van der Waals surface area (Å²) in [6.07, 6.45) is 2.09. The molecule has 1 atom stereocenters. The van der Waals surface area contributed by atoms with Gasteiger partial charge in [0.2, 0.25) is 0 Å². The van der Waals surface area contributed by atoms with Crippen LogP contribution in [0.2, 0.25) is 0 Å². The smallest absolute Gasteiger partial charge is 0.325 e. The van der Waals surface area contributed by atoms with Crippen LogP contribution in [0.1, 0.15) is 35.2 Å². The van der Waals surface area contributed by atoms with Gasteiger partial charge in [-0.15, -0.1) is 0 Å². The molecule has 1 N–H and O–H groups in total. The summed E-state index contributed by atoms with van der Waals surface area (Å²) in [4.78, 5) is 38.0. The average Bonchev–Trinajstić information content (AvgIpc) is 3.41. The third kappa shape index (κ3) is 5.31. The molecule has 0 bridgehead atoms. The topological polar surface area (TPSA) is 110 Å². The number of sulfone groups is 1. The van der Waals surface area contributed by atoms with Gasteiger partial charge in [0.05, 0.1) is 11.5 Å². The van der Waals surface area contributed by atoms with Crippen molar-refractivity contribution in [1.82, 2.24) is 10.2 Å². The van der Waals surface area contributed by atoms with Crippen molar-refractivity contribution in [3.8, 4) is 0 Å². The SMILES string of the molecule is Cc1cccc(C(=O)NCC(=O)OCC(=O)N(C2CC2)[C@H]2CCS(=O)(=O)C2)c1. The van der Waals surface area contributed by atoms with Gasteiger partial charge in [0, 0.05) is 17.6 Å². The molecule has 152 valence electrons. The van der Waals surface area contributed by atoms with E-state index in [9.17, 15) is 22.8 Å². The van der Waals surface area contributed by atoms with Crippen LogP contribution in [-0.2, 0) is 24.2 Å². The molecule has 3 rings (SSSR count). The number of rotatable bonds is 7. The maximum absolute atomic E-state index is 12.5. The van der Waals surface area contributed by atoms with E-state index in [2.05, 4.69) is 5.32 Å². The van der Waals surface area contributed by atoms with Gasteiger partial charge in [0.15, 0.2) is 16.4 Å². The largest absolute Gasteiger partial charge is 0.454 e. The first-order chi connectivity index (χ1) is 13.2. The van der Waals surface area contributed by atoms with E-state index in [0.717, 1.165) is 18.4 Å². The number of nitrogens with one attached hydrogen (secondary N) is 1. The summed E-state index contributed by atoms with van der Waals surface area (Å²) in [7, 11) is -3.11. The Morgan fingerprint density at radius 2 is 1.93 bits per heavy atom. The van der Waals surface area contributed by atoms with E-state index in [-0.39, 0.29) is 36.0 Å².